The zero-order valence-corrected chi connectivity index (χ0v) is 21.9. The van der Waals surface area contributed by atoms with Gasteiger partial charge in [0, 0.05) is 24.0 Å². The van der Waals surface area contributed by atoms with Gasteiger partial charge in [0.2, 0.25) is 0 Å². The molecule has 0 saturated heterocycles. The fourth-order valence-electron chi connectivity index (χ4n) is 5.06. The van der Waals surface area contributed by atoms with E-state index < -0.39 is 5.97 Å². The van der Waals surface area contributed by atoms with Crippen molar-refractivity contribution < 1.29 is 19.1 Å². The number of para-hydroxylation sites is 2. The first-order valence-electron chi connectivity index (χ1n) is 13.3. The van der Waals surface area contributed by atoms with Crippen LogP contribution in [0.15, 0.2) is 84.9 Å². The fraction of sp³-hybridized carbons (Fsp3) is 0.250. The molecule has 1 fully saturated rings. The van der Waals surface area contributed by atoms with Crippen LogP contribution < -0.4 is 5.32 Å². The minimum Gasteiger partial charge on any atom is -0.452 e. The number of amides is 2. The summed E-state index contributed by atoms with van der Waals surface area (Å²) in [6, 6.07) is 25.7. The first-order chi connectivity index (χ1) is 19.0. The van der Waals surface area contributed by atoms with Crippen molar-refractivity contribution in [2.24, 2.45) is 0 Å². The molecule has 0 spiro atoms. The van der Waals surface area contributed by atoms with Gasteiger partial charge in [0.1, 0.15) is 0 Å². The average Bonchev–Trinajstić information content (AvgIpc) is 2.99. The number of ether oxygens (including phenoxy) is 1. The summed E-state index contributed by atoms with van der Waals surface area (Å²) in [5.74, 6) is -1.27. The molecule has 0 atom stereocenters. The predicted octanol–water partition coefficient (Wildman–Crippen LogP) is 6.10. The second-order valence-corrected chi connectivity index (χ2v) is 9.81. The van der Waals surface area contributed by atoms with Crippen molar-refractivity contribution in [1.82, 2.24) is 9.88 Å². The summed E-state index contributed by atoms with van der Waals surface area (Å²) in [5.41, 5.74) is 3.18. The maximum absolute atomic E-state index is 13.6. The monoisotopic (exact) mass is 521 g/mol. The van der Waals surface area contributed by atoms with Crippen molar-refractivity contribution in [2.75, 3.05) is 19.0 Å². The van der Waals surface area contributed by atoms with Crippen LogP contribution in [0.4, 0.5) is 5.69 Å². The van der Waals surface area contributed by atoms with Crippen molar-refractivity contribution in [3.8, 4) is 11.3 Å². The van der Waals surface area contributed by atoms with Crippen molar-refractivity contribution in [2.45, 2.75) is 38.1 Å². The molecule has 1 saturated carbocycles. The largest absolute Gasteiger partial charge is 0.452 e. The van der Waals surface area contributed by atoms with Gasteiger partial charge in [-0.25, -0.2) is 9.78 Å². The fourth-order valence-corrected chi connectivity index (χ4v) is 5.06. The standard InChI is InChI=1S/C32H31N3O4/c1-35(23-14-6-3-7-15-23)30(36)21-39-32(38)25-17-9-11-19-28(25)34-31(37)26-20-29(22-12-4-2-5-13-22)33-27-18-10-8-16-24(26)27/h2,4-5,8-13,16-20,23H,3,6-7,14-15,21H2,1H3,(H,34,37). The topological polar surface area (TPSA) is 88.6 Å². The summed E-state index contributed by atoms with van der Waals surface area (Å²) >= 11 is 0. The van der Waals surface area contributed by atoms with E-state index in [1.165, 1.54) is 6.42 Å². The summed E-state index contributed by atoms with van der Waals surface area (Å²) in [6.45, 7) is -0.344. The van der Waals surface area contributed by atoms with Crippen LogP contribution in [0.3, 0.4) is 0 Å². The van der Waals surface area contributed by atoms with E-state index in [1.807, 2.05) is 54.6 Å². The van der Waals surface area contributed by atoms with Gasteiger partial charge in [-0.2, -0.15) is 0 Å². The number of anilines is 1. The number of nitrogens with one attached hydrogen (secondary N) is 1. The van der Waals surface area contributed by atoms with Crippen molar-refractivity contribution in [3.05, 3.63) is 96.1 Å². The summed E-state index contributed by atoms with van der Waals surface area (Å²) in [6.07, 6.45) is 5.35. The Morgan fingerprint density at radius 3 is 2.36 bits per heavy atom. The normalized spacial score (nSPS) is 13.6. The van der Waals surface area contributed by atoms with Crippen molar-refractivity contribution in [3.63, 3.8) is 0 Å². The minimum absolute atomic E-state index is 0.181. The predicted molar refractivity (Wildman–Crippen MR) is 151 cm³/mol. The van der Waals surface area contributed by atoms with Gasteiger partial charge in [-0.05, 0) is 37.1 Å². The molecule has 0 radical (unpaired) electrons. The molecule has 7 heteroatoms. The second kappa shape index (κ2) is 11.9. The lowest BCUT2D eigenvalue weighted by Crippen LogP contribution is -2.40. The number of aromatic nitrogens is 1. The number of hydrogen-bond donors (Lipinski definition) is 1. The van der Waals surface area contributed by atoms with Crippen LogP contribution in [0.1, 0.15) is 52.8 Å². The lowest BCUT2D eigenvalue weighted by Gasteiger charge is -2.31. The summed E-state index contributed by atoms with van der Waals surface area (Å²) in [5, 5.41) is 3.58. The number of carbonyl (C=O) groups is 3. The summed E-state index contributed by atoms with van der Waals surface area (Å²) in [7, 11) is 1.77. The highest BCUT2D eigenvalue weighted by molar-refractivity contribution is 6.14. The minimum atomic E-state index is -0.666. The number of carbonyl (C=O) groups excluding carboxylic acids is 3. The molecule has 0 aliphatic heterocycles. The highest BCUT2D eigenvalue weighted by Gasteiger charge is 2.24. The van der Waals surface area contributed by atoms with E-state index in [0.717, 1.165) is 31.2 Å². The molecule has 1 aliphatic carbocycles. The van der Waals surface area contributed by atoms with Crippen LogP contribution in [0.5, 0.6) is 0 Å². The Morgan fingerprint density at radius 2 is 1.56 bits per heavy atom. The van der Waals surface area contributed by atoms with E-state index in [2.05, 4.69) is 5.32 Å². The number of esters is 1. The maximum Gasteiger partial charge on any atom is 0.340 e. The van der Waals surface area contributed by atoms with Gasteiger partial charge in [-0.1, -0.05) is 79.9 Å². The van der Waals surface area contributed by atoms with Crippen LogP contribution in [-0.2, 0) is 9.53 Å². The third-order valence-electron chi connectivity index (χ3n) is 7.27. The van der Waals surface area contributed by atoms with Gasteiger partial charge < -0.3 is 15.0 Å². The summed E-state index contributed by atoms with van der Waals surface area (Å²) in [4.78, 5) is 45.7. The molecular formula is C32H31N3O4. The molecule has 0 bridgehead atoms. The van der Waals surface area contributed by atoms with Gasteiger partial charge in [0.25, 0.3) is 11.8 Å². The van der Waals surface area contributed by atoms with E-state index in [4.69, 9.17) is 9.72 Å². The van der Waals surface area contributed by atoms with Gasteiger partial charge in [-0.15, -0.1) is 0 Å². The smallest absolute Gasteiger partial charge is 0.340 e. The molecule has 1 heterocycles. The number of benzene rings is 3. The molecule has 1 aromatic heterocycles. The van der Waals surface area contributed by atoms with Crippen LogP contribution >= 0.6 is 0 Å². The first-order valence-corrected chi connectivity index (χ1v) is 13.3. The maximum atomic E-state index is 13.6. The molecular weight excluding hydrogens is 490 g/mol. The number of rotatable bonds is 7. The second-order valence-electron chi connectivity index (χ2n) is 9.81. The lowest BCUT2D eigenvalue weighted by atomic mass is 9.94. The van der Waals surface area contributed by atoms with Gasteiger partial charge >= 0.3 is 5.97 Å². The Labute approximate surface area is 227 Å². The average molecular weight is 522 g/mol. The molecule has 1 aliphatic rings. The van der Waals surface area contributed by atoms with Gasteiger partial charge in [0.05, 0.1) is 28.0 Å². The molecule has 39 heavy (non-hydrogen) atoms. The van der Waals surface area contributed by atoms with E-state index in [-0.39, 0.29) is 30.0 Å². The Kier molecular flexibility index (Phi) is 7.96. The quantitative estimate of drug-likeness (QED) is 0.297. The molecule has 4 aromatic rings. The number of likely N-dealkylation sites (N-methyl/N-ethyl adjacent to an activating group) is 1. The van der Waals surface area contributed by atoms with Crippen molar-refractivity contribution >= 4 is 34.4 Å². The first kappa shape index (κ1) is 26.1. The Bertz CT molecular complexity index is 1500. The Hall–Kier alpha value is -4.52. The lowest BCUT2D eigenvalue weighted by molar-refractivity contribution is -0.135. The highest BCUT2D eigenvalue weighted by atomic mass is 16.5. The SMILES string of the molecule is CN(C(=O)COC(=O)c1ccccc1NC(=O)c1cc(-c2ccccc2)nc2ccccc12)C1CCCCC1. The number of hydrogen-bond acceptors (Lipinski definition) is 5. The summed E-state index contributed by atoms with van der Waals surface area (Å²) < 4.78 is 5.39. The van der Waals surface area contributed by atoms with E-state index in [1.54, 1.807) is 42.3 Å². The molecule has 198 valence electrons. The third kappa shape index (κ3) is 5.98. The van der Waals surface area contributed by atoms with E-state index in [0.29, 0.717) is 27.8 Å². The Morgan fingerprint density at radius 1 is 0.872 bits per heavy atom. The van der Waals surface area contributed by atoms with Crippen LogP contribution in [0.2, 0.25) is 0 Å². The number of fused-ring (bicyclic) bond motifs is 1. The van der Waals surface area contributed by atoms with Gasteiger partial charge in [0.15, 0.2) is 6.61 Å². The Balaban J connectivity index is 1.34. The van der Waals surface area contributed by atoms with Crippen LogP contribution in [0.25, 0.3) is 22.2 Å². The third-order valence-corrected chi connectivity index (χ3v) is 7.27. The van der Waals surface area contributed by atoms with E-state index >= 15 is 0 Å². The number of pyridine rings is 1. The van der Waals surface area contributed by atoms with Gasteiger partial charge in [-0.3, -0.25) is 9.59 Å². The van der Waals surface area contributed by atoms with Crippen molar-refractivity contribution in [1.29, 1.82) is 0 Å². The molecule has 3 aromatic carbocycles. The van der Waals surface area contributed by atoms with Crippen LogP contribution in [0, 0.1) is 0 Å². The highest BCUT2D eigenvalue weighted by Crippen LogP contribution is 2.27. The zero-order valence-electron chi connectivity index (χ0n) is 21.9. The molecule has 1 N–H and O–H groups in total. The molecule has 5 rings (SSSR count). The van der Waals surface area contributed by atoms with E-state index in [9.17, 15) is 14.4 Å². The van der Waals surface area contributed by atoms with Crippen LogP contribution in [-0.4, -0.2) is 47.4 Å². The molecule has 2 amide bonds. The zero-order chi connectivity index (χ0) is 27.2. The molecule has 0 unspecified atom stereocenters. The molecule has 7 nitrogen and oxygen atoms in total. The number of nitrogens with zero attached hydrogens (tertiary/aromatic N) is 2.